The minimum absolute atomic E-state index is 0.263. The Bertz CT molecular complexity index is 448. The molecule has 0 radical (unpaired) electrons. The molecule has 2 N–H and O–H groups in total. The summed E-state index contributed by atoms with van der Waals surface area (Å²) in [6.07, 6.45) is 19.9. The van der Waals surface area contributed by atoms with Gasteiger partial charge in [0.1, 0.15) is 0 Å². The summed E-state index contributed by atoms with van der Waals surface area (Å²) < 4.78 is 0. The van der Waals surface area contributed by atoms with Crippen molar-refractivity contribution in [3.8, 4) is 0 Å². The molecular formula is C22H36O3. The number of hydrogen-bond acceptors (Lipinski definition) is 2. The molecule has 3 heteroatoms. The van der Waals surface area contributed by atoms with E-state index in [1.54, 1.807) is 0 Å². The van der Waals surface area contributed by atoms with Gasteiger partial charge in [-0.15, -0.1) is 0 Å². The van der Waals surface area contributed by atoms with Crippen LogP contribution in [0.15, 0.2) is 24.3 Å². The molecule has 0 spiro atoms. The maximum absolute atomic E-state index is 10.5. The Morgan fingerprint density at radius 1 is 1.16 bits per heavy atom. The van der Waals surface area contributed by atoms with E-state index in [1.807, 2.05) is 0 Å². The van der Waals surface area contributed by atoms with Crippen LogP contribution in [0.4, 0.5) is 0 Å². The quantitative estimate of drug-likeness (QED) is 0.369. The summed E-state index contributed by atoms with van der Waals surface area (Å²) >= 11 is 0. The van der Waals surface area contributed by atoms with Crippen molar-refractivity contribution < 1.29 is 15.0 Å². The highest BCUT2D eigenvalue weighted by Gasteiger charge is 2.43. The largest absolute Gasteiger partial charge is 0.481 e. The van der Waals surface area contributed by atoms with E-state index in [9.17, 15) is 9.90 Å². The van der Waals surface area contributed by atoms with Crippen LogP contribution in [0.25, 0.3) is 0 Å². The SMILES string of the molecule is CCCCC[C@H](O)/C=C/[C@@H]1CC2CC(C2)[C@@H]1C/C=C\CCCC(=O)O. The smallest absolute Gasteiger partial charge is 0.303 e. The first-order valence-corrected chi connectivity index (χ1v) is 10.3. The lowest BCUT2D eigenvalue weighted by atomic mass is 9.55. The van der Waals surface area contributed by atoms with Crippen LogP contribution in [0.3, 0.4) is 0 Å². The Morgan fingerprint density at radius 2 is 1.96 bits per heavy atom. The highest BCUT2D eigenvalue weighted by molar-refractivity contribution is 5.66. The monoisotopic (exact) mass is 348 g/mol. The van der Waals surface area contributed by atoms with Gasteiger partial charge in [-0.05, 0) is 68.6 Å². The first kappa shape index (κ1) is 20.2. The molecule has 3 atom stereocenters. The molecule has 0 amide bonds. The van der Waals surface area contributed by atoms with E-state index in [-0.39, 0.29) is 12.5 Å². The second kappa shape index (κ2) is 10.8. The van der Waals surface area contributed by atoms with E-state index in [2.05, 4.69) is 31.2 Å². The van der Waals surface area contributed by atoms with Crippen molar-refractivity contribution >= 4 is 5.97 Å². The Labute approximate surface area is 153 Å². The van der Waals surface area contributed by atoms with Gasteiger partial charge in [-0.3, -0.25) is 4.79 Å². The number of aliphatic hydroxyl groups excluding tert-OH is 1. The second-order valence-corrected chi connectivity index (χ2v) is 8.10. The molecule has 3 saturated carbocycles. The second-order valence-electron chi connectivity index (χ2n) is 8.10. The molecule has 0 heterocycles. The zero-order valence-corrected chi connectivity index (χ0v) is 15.8. The number of unbranched alkanes of at least 4 members (excludes halogenated alkanes) is 3. The molecule has 142 valence electrons. The number of carbonyl (C=O) groups is 1. The van der Waals surface area contributed by atoms with Crippen molar-refractivity contribution in [2.75, 3.05) is 0 Å². The lowest BCUT2D eigenvalue weighted by Gasteiger charge is -2.50. The number of hydrogen-bond donors (Lipinski definition) is 2. The lowest BCUT2D eigenvalue weighted by Crippen LogP contribution is -2.41. The first-order chi connectivity index (χ1) is 12.1. The fourth-order valence-corrected chi connectivity index (χ4v) is 4.54. The van der Waals surface area contributed by atoms with Crippen molar-refractivity contribution in [2.45, 2.75) is 83.7 Å². The van der Waals surface area contributed by atoms with Gasteiger partial charge in [-0.25, -0.2) is 0 Å². The molecule has 3 aliphatic rings. The third-order valence-electron chi connectivity index (χ3n) is 6.05. The van der Waals surface area contributed by atoms with Crippen LogP contribution in [0.5, 0.6) is 0 Å². The summed E-state index contributed by atoms with van der Waals surface area (Å²) in [5.74, 6) is 2.38. The third kappa shape index (κ3) is 6.97. The van der Waals surface area contributed by atoms with E-state index in [0.717, 1.165) is 43.9 Å². The number of allylic oxidation sites excluding steroid dienone is 3. The van der Waals surface area contributed by atoms with Gasteiger partial charge in [0, 0.05) is 6.42 Å². The average Bonchev–Trinajstić information content (AvgIpc) is 2.55. The number of carboxylic acids is 1. The maximum Gasteiger partial charge on any atom is 0.303 e. The molecule has 25 heavy (non-hydrogen) atoms. The molecule has 3 aliphatic carbocycles. The summed E-state index contributed by atoms with van der Waals surface area (Å²) in [5, 5.41) is 18.8. The van der Waals surface area contributed by atoms with E-state index < -0.39 is 5.97 Å². The van der Waals surface area contributed by atoms with Gasteiger partial charge in [0.05, 0.1) is 6.10 Å². The van der Waals surface area contributed by atoms with E-state index >= 15 is 0 Å². The normalized spacial score (nSPS) is 29.8. The molecule has 0 aromatic heterocycles. The highest BCUT2D eigenvalue weighted by Crippen LogP contribution is 2.53. The standard InChI is InChI=1S/C22H36O3/c1-2-3-6-9-20(23)13-12-18-14-17-15-19(16-17)21(18)10-7-4-5-8-11-22(24)25/h4,7,12-13,17-21,23H,2-3,5-6,8-11,14-16H2,1H3,(H,24,25)/b7-4-,13-12+/t17?,18-,19?,20+,21-/m1/s1. The molecule has 0 unspecified atom stereocenters. The highest BCUT2D eigenvalue weighted by atomic mass is 16.4. The molecule has 3 rings (SSSR count). The van der Waals surface area contributed by atoms with Gasteiger partial charge in [-0.2, -0.15) is 0 Å². The van der Waals surface area contributed by atoms with Crippen molar-refractivity contribution in [1.29, 1.82) is 0 Å². The third-order valence-corrected chi connectivity index (χ3v) is 6.05. The van der Waals surface area contributed by atoms with Crippen LogP contribution in [0.1, 0.15) is 77.6 Å². The fourth-order valence-electron chi connectivity index (χ4n) is 4.54. The molecular weight excluding hydrogens is 312 g/mol. The minimum atomic E-state index is -0.705. The zero-order valence-electron chi connectivity index (χ0n) is 15.8. The van der Waals surface area contributed by atoms with Gasteiger partial charge < -0.3 is 10.2 Å². The number of rotatable bonds is 12. The Kier molecular flexibility index (Phi) is 8.74. The first-order valence-electron chi connectivity index (χ1n) is 10.3. The minimum Gasteiger partial charge on any atom is -0.481 e. The molecule has 3 fully saturated rings. The Balaban J connectivity index is 1.76. The van der Waals surface area contributed by atoms with E-state index in [4.69, 9.17) is 5.11 Å². The van der Waals surface area contributed by atoms with Crippen LogP contribution in [0, 0.1) is 23.7 Å². The lowest BCUT2D eigenvalue weighted by molar-refractivity contribution is -0.137. The number of aliphatic carboxylic acids is 1. The van der Waals surface area contributed by atoms with Gasteiger partial charge in [0.15, 0.2) is 0 Å². The maximum atomic E-state index is 10.5. The number of carboxylic acid groups (broad SMARTS) is 1. The summed E-state index contributed by atoms with van der Waals surface area (Å²) in [7, 11) is 0. The predicted octanol–water partition coefficient (Wildman–Crippen LogP) is 5.35. The van der Waals surface area contributed by atoms with Crippen molar-refractivity contribution in [2.24, 2.45) is 23.7 Å². The summed E-state index contributed by atoms with van der Waals surface area (Å²) in [4.78, 5) is 10.5. The summed E-state index contributed by atoms with van der Waals surface area (Å²) in [6.45, 7) is 2.19. The summed E-state index contributed by atoms with van der Waals surface area (Å²) in [5.41, 5.74) is 0. The van der Waals surface area contributed by atoms with Crippen molar-refractivity contribution in [1.82, 2.24) is 0 Å². The van der Waals surface area contributed by atoms with Crippen LogP contribution in [0.2, 0.25) is 0 Å². The van der Waals surface area contributed by atoms with Crippen LogP contribution in [-0.2, 0) is 4.79 Å². The van der Waals surface area contributed by atoms with Gasteiger partial charge in [-0.1, -0.05) is 50.5 Å². The molecule has 3 nitrogen and oxygen atoms in total. The topological polar surface area (TPSA) is 57.5 Å². The molecule has 0 saturated heterocycles. The van der Waals surface area contributed by atoms with Crippen molar-refractivity contribution in [3.05, 3.63) is 24.3 Å². The van der Waals surface area contributed by atoms with Gasteiger partial charge in [0.2, 0.25) is 0 Å². The summed E-state index contributed by atoms with van der Waals surface area (Å²) in [6, 6.07) is 0. The van der Waals surface area contributed by atoms with Crippen LogP contribution < -0.4 is 0 Å². The molecule has 2 bridgehead atoms. The fraction of sp³-hybridized carbons (Fsp3) is 0.773. The van der Waals surface area contributed by atoms with Gasteiger partial charge >= 0.3 is 5.97 Å². The number of fused-ring (bicyclic) bond motifs is 2. The Hall–Kier alpha value is -1.09. The van der Waals surface area contributed by atoms with Gasteiger partial charge in [0.25, 0.3) is 0 Å². The Morgan fingerprint density at radius 3 is 2.68 bits per heavy atom. The predicted molar refractivity (Wildman–Crippen MR) is 102 cm³/mol. The van der Waals surface area contributed by atoms with E-state index in [1.165, 1.54) is 32.1 Å². The molecule has 0 aromatic carbocycles. The van der Waals surface area contributed by atoms with E-state index in [0.29, 0.717) is 11.8 Å². The average molecular weight is 349 g/mol. The van der Waals surface area contributed by atoms with Crippen LogP contribution in [-0.4, -0.2) is 22.3 Å². The van der Waals surface area contributed by atoms with Crippen molar-refractivity contribution in [3.63, 3.8) is 0 Å². The molecule has 0 aromatic rings. The molecule has 0 aliphatic heterocycles. The zero-order chi connectivity index (χ0) is 18.1. The number of aliphatic hydroxyl groups is 1. The van der Waals surface area contributed by atoms with Crippen LogP contribution >= 0.6 is 0 Å².